The van der Waals surface area contributed by atoms with Crippen molar-refractivity contribution >= 4 is 35.8 Å². The van der Waals surface area contributed by atoms with Gasteiger partial charge in [-0.05, 0) is 43.5 Å². The number of likely N-dealkylation sites (tertiary alicyclic amines) is 1. The zero-order valence-corrected chi connectivity index (χ0v) is 22.0. The van der Waals surface area contributed by atoms with Gasteiger partial charge in [-0.15, -0.1) is 24.0 Å². The van der Waals surface area contributed by atoms with Crippen LogP contribution >= 0.6 is 24.0 Å². The number of ether oxygens (including phenoxy) is 1. The van der Waals surface area contributed by atoms with Crippen LogP contribution in [0.15, 0.2) is 59.6 Å². The Kier molecular flexibility index (Phi) is 11.5. The second-order valence-corrected chi connectivity index (χ2v) is 8.16. The largest absolute Gasteiger partial charge is 0.497 e. The first kappa shape index (κ1) is 26.9. The number of amides is 1. The third-order valence-corrected chi connectivity index (χ3v) is 5.65. The number of hydrogen-bond acceptors (Lipinski definition) is 4. The fourth-order valence-electron chi connectivity index (χ4n) is 3.91. The predicted octanol–water partition coefficient (Wildman–Crippen LogP) is 3.15. The first-order chi connectivity index (χ1) is 15.6. The van der Waals surface area contributed by atoms with Crippen molar-refractivity contribution in [2.24, 2.45) is 4.99 Å². The molecule has 0 spiro atoms. The maximum absolute atomic E-state index is 12.3. The standard InChI is InChI=1S/C25H35N5O2.HI/c1-4-26-25(28-16-24(31)27-15-20-10-12-23(32-3)13-11-20)29-22-14-19(2)30(18-22)17-21-8-6-5-7-9-21;/h5-13,19,22H,4,14-18H2,1-3H3,(H,27,31)(H2,26,28,29);1H. The van der Waals surface area contributed by atoms with Gasteiger partial charge in [-0.25, -0.2) is 4.99 Å². The first-order valence-electron chi connectivity index (χ1n) is 11.3. The summed E-state index contributed by atoms with van der Waals surface area (Å²) in [4.78, 5) is 19.3. The van der Waals surface area contributed by atoms with Crippen LogP contribution in [-0.2, 0) is 17.9 Å². The number of rotatable bonds is 9. The fourth-order valence-corrected chi connectivity index (χ4v) is 3.91. The van der Waals surface area contributed by atoms with E-state index in [1.807, 2.05) is 37.3 Å². The highest BCUT2D eigenvalue weighted by Crippen LogP contribution is 2.20. The van der Waals surface area contributed by atoms with Gasteiger partial charge in [-0.2, -0.15) is 0 Å². The summed E-state index contributed by atoms with van der Waals surface area (Å²) in [5.74, 6) is 1.38. The molecule has 2 aromatic rings. The predicted molar refractivity (Wildman–Crippen MR) is 144 cm³/mol. The molecule has 2 aromatic carbocycles. The number of guanidine groups is 1. The van der Waals surface area contributed by atoms with E-state index in [9.17, 15) is 4.79 Å². The highest BCUT2D eigenvalue weighted by Gasteiger charge is 2.29. The Hall–Kier alpha value is -2.33. The van der Waals surface area contributed by atoms with Crippen molar-refractivity contribution in [2.75, 3.05) is 26.7 Å². The Morgan fingerprint density at radius 1 is 1.09 bits per heavy atom. The number of nitrogens with zero attached hydrogens (tertiary/aromatic N) is 2. The number of nitrogens with one attached hydrogen (secondary N) is 3. The second-order valence-electron chi connectivity index (χ2n) is 8.16. The number of methoxy groups -OCH3 is 1. The molecule has 0 aromatic heterocycles. The van der Waals surface area contributed by atoms with Crippen molar-refractivity contribution < 1.29 is 9.53 Å². The van der Waals surface area contributed by atoms with Crippen LogP contribution in [0.25, 0.3) is 0 Å². The van der Waals surface area contributed by atoms with Crippen molar-refractivity contribution in [1.29, 1.82) is 0 Å². The van der Waals surface area contributed by atoms with E-state index in [4.69, 9.17) is 4.74 Å². The topological polar surface area (TPSA) is 78.0 Å². The van der Waals surface area contributed by atoms with Crippen molar-refractivity contribution in [2.45, 2.75) is 45.4 Å². The molecular formula is C25H36IN5O2. The molecule has 2 atom stereocenters. The fraction of sp³-hybridized carbons (Fsp3) is 0.440. The monoisotopic (exact) mass is 565 g/mol. The van der Waals surface area contributed by atoms with Crippen molar-refractivity contribution in [3.05, 3.63) is 65.7 Å². The van der Waals surface area contributed by atoms with Crippen LogP contribution in [-0.4, -0.2) is 55.6 Å². The van der Waals surface area contributed by atoms with Crippen LogP contribution in [0.4, 0.5) is 0 Å². The minimum absolute atomic E-state index is 0. The molecule has 33 heavy (non-hydrogen) atoms. The number of carbonyl (C=O) groups excluding carboxylic acids is 1. The van der Waals surface area contributed by atoms with Crippen molar-refractivity contribution in [3.63, 3.8) is 0 Å². The summed E-state index contributed by atoms with van der Waals surface area (Å²) in [5.41, 5.74) is 2.35. The molecule has 1 aliphatic rings. The van der Waals surface area contributed by atoms with Gasteiger partial charge in [-0.3, -0.25) is 9.69 Å². The lowest BCUT2D eigenvalue weighted by Gasteiger charge is -2.21. The van der Waals surface area contributed by atoms with Crippen LogP contribution in [0.1, 0.15) is 31.4 Å². The SMILES string of the molecule is CCNC(=NCC(=O)NCc1ccc(OC)cc1)NC1CC(C)N(Cc2ccccc2)C1.I. The van der Waals surface area contributed by atoms with Crippen LogP contribution < -0.4 is 20.7 Å². The molecular weight excluding hydrogens is 529 g/mol. The summed E-state index contributed by atoms with van der Waals surface area (Å²) in [6.45, 7) is 7.49. The Morgan fingerprint density at radius 3 is 2.48 bits per heavy atom. The molecule has 0 radical (unpaired) electrons. The van der Waals surface area contributed by atoms with Gasteiger partial charge in [0.05, 0.1) is 7.11 Å². The number of aliphatic imine (C=N–C) groups is 1. The lowest BCUT2D eigenvalue weighted by Crippen LogP contribution is -2.45. The van der Waals surface area contributed by atoms with E-state index >= 15 is 0 Å². The molecule has 0 saturated carbocycles. The maximum Gasteiger partial charge on any atom is 0.242 e. The molecule has 1 fully saturated rings. The second kappa shape index (κ2) is 14.0. The Bertz CT molecular complexity index is 876. The van der Waals surface area contributed by atoms with Crippen LogP contribution in [0, 0.1) is 0 Å². The zero-order chi connectivity index (χ0) is 22.8. The summed E-state index contributed by atoms with van der Waals surface area (Å²) >= 11 is 0. The number of benzene rings is 2. The molecule has 1 amide bonds. The van der Waals surface area contributed by atoms with E-state index in [-0.39, 0.29) is 36.4 Å². The molecule has 2 unspecified atom stereocenters. The minimum atomic E-state index is -0.108. The van der Waals surface area contributed by atoms with Crippen LogP contribution in [0.5, 0.6) is 5.75 Å². The normalized spacial score (nSPS) is 18.3. The molecule has 1 heterocycles. The van der Waals surface area contributed by atoms with Gasteiger partial charge in [-0.1, -0.05) is 42.5 Å². The Balaban J connectivity index is 0.00000385. The van der Waals surface area contributed by atoms with E-state index in [0.717, 1.165) is 37.4 Å². The third kappa shape index (κ3) is 8.85. The Morgan fingerprint density at radius 2 is 1.82 bits per heavy atom. The molecule has 0 bridgehead atoms. The smallest absolute Gasteiger partial charge is 0.242 e. The zero-order valence-electron chi connectivity index (χ0n) is 19.7. The van der Waals surface area contributed by atoms with E-state index < -0.39 is 0 Å². The maximum atomic E-state index is 12.3. The number of hydrogen-bond donors (Lipinski definition) is 3. The quantitative estimate of drug-likeness (QED) is 0.248. The summed E-state index contributed by atoms with van der Waals surface area (Å²) in [6.07, 6.45) is 1.04. The van der Waals surface area contributed by atoms with Gasteiger partial charge < -0.3 is 20.7 Å². The van der Waals surface area contributed by atoms with Gasteiger partial charge >= 0.3 is 0 Å². The molecule has 8 heteroatoms. The molecule has 180 valence electrons. The minimum Gasteiger partial charge on any atom is -0.497 e. The van der Waals surface area contributed by atoms with Gasteiger partial charge in [0.15, 0.2) is 5.96 Å². The van der Waals surface area contributed by atoms with E-state index in [1.165, 1.54) is 5.56 Å². The van der Waals surface area contributed by atoms with Gasteiger partial charge in [0.1, 0.15) is 12.3 Å². The third-order valence-electron chi connectivity index (χ3n) is 5.65. The molecule has 3 rings (SSSR count). The lowest BCUT2D eigenvalue weighted by atomic mass is 10.2. The summed E-state index contributed by atoms with van der Waals surface area (Å²) in [7, 11) is 1.64. The van der Waals surface area contributed by atoms with Gasteiger partial charge in [0.2, 0.25) is 5.91 Å². The number of carbonyl (C=O) groups is 1. The number of halogens is 1. The van der Waals surface area contributed by atoms with E-state index in [2.05, 4.69) is 57.0 Å². The molecule has 1 aliphatic heterocycles. The first-order valence-corrected chi connectivity index (χ1v) is 11.3. The summed E-state index contributed by atoms with van der Waals surface area (Å²) in [5, 5.41) is 9.68. The molecule has 1 saturated heterocycles. The average molecular weight is 566 g/mol. The van der Waals surface area contributed by atoms with Crippen LogP contribution in [0.2, 0.25) is 0 Å². The highest BCUT2D eigenvalue weighted by molar-refractivity contribution is 14.0. The molecule has 3 N–H and O–H groups in total. The molecule has 0 aliphatic carbocycles. The highest BCUT2D eigenvalue weighted by atomic mass is 127. The summed E-state index contributed by atoms with van der Waals surface area (Å²) in [6, 6.07) is 19.0. The van der Waals surface area contributed by atoms with Crippen molar-refractivity contribution in [3.8, 4) is 5.75 Å². The van der Waals surface area contributed by atoms with Gasteiger partial charge in [0, 0.05) is 38.3 Å². The van der Waals surface area contributed by atoms with Crippen molar-refractivity contribution in [1.82, 2.24) is 20.9 Å². The average Bonchev–Trinajstić information content (AvgIpc) is 3.15. The molecule has 7 nitrogen and oxygen atoms in total. The lowest BCUT2D eigenvalue weighted by molar-refractivity contribution is -0.119. The van der Waals surface area contributed by atoms with E-state index in [0.29, 0.717) is 24.6 Å². The van der Waals surface area contributed by atoms with Crippen LogP contribution in [0.3, 0.4) is 0 Å². The van der Waals surface area contributed by atoms with Gasteiger partial charge in [0.25, 0.3) is 0 Å². The van der Waals surface area contributed by atoms with E-state index in [1.54, 1.807) is 7.11 Å². The summed E-state index contributed by atoms with van der Waals surface area (Å²) < 4.78 is 5.16. The Labute approximate surface area is 214 Å².